The standard InChI is InChI=1S/C10H11N3O3S2/c1-3-16-10(15)12-13-8(14)7-6(4-5-18-7)11-9(13)17-2/h4-5H,3H2,1-2H3,(H,12,15). The van der Waals surface area contributed by atoms with Gasteiger partial charge in [0.1, 0.15) is 4.70 Å². The molecule has 0 aliphatic rings. The lowest BCUT2D eigenvalue weighted by Crippen LogP contribution is -2.35. The van der Waals surface area contributed by atoms with Gasteiger partial charge in [-0.2, -0.15) is 4.68 Å². The number of nitrogens with one attached hydrogen (secondary N) is 1. The zero-order valence-electron chi connectivity index (χ0n) is 9.80. The van der Waals surface area contributed by atoms with E-state index in [9.17, 15) is 9.59 Å². The Bertz CT molecular complexity index is 635. The zero-order valence-corrected chi connectivity index (χ0v) is 11.4. The molecule has 0 bridgehead atoms. The lowest BCUT2D eigenvalue weighted by Gasteiger charge is -2.11. The third kappa shape index (κ3) is 2.34. The number of hydrogen-bond acceptors (Lipinski definition) is 6. The Morgan fingerprint density at radius 1 is 1.67 bits per heavy atom. The van der Waals surface area contributed by atoms with Crippen LogP contribution in [0.4, 0.5) is 4.79 Å². The second-order valence-electron chi connectivity index (χ2n) is 3.21. The minimum atomic E-state index is -0.674. The van der Waals surface area contributed by atoms with Crippen LogP contribution in [0.3, 0.4) is 0 Å². The Kier molecular flexibility index (Phi) is 3.87. The van der Waals surface area contributed by atoms with Crippen molar-refractivity contribution in [1.82, 2.24) is 9.66 Å². The quantitative estimate of drug-likeness (QED) is 0.688. The lowest BCUT2D eigenvalue weighted by molar-refractivity contribution is 0.163. The van der Waals surface area contributed by atoms with Gasteiger partial charge < -0.3 is 4.74 Å². The van der Waals surface area contributed by atoms with Crippen molar-refractivity contribution in [2.75, 3.05) is 18.3 Å². The first-order valence-corrected chi connectivity index (χ1v) is 7.25. The molecular formula is C10H11N3O3S2. The first-order valence-electron chi connectivity index (χ1n) is 5.15. The van der Waals surface area contributed by atoms with E-state index in [1.165, 1.54) is 23.1 Å². The fourth-order valence-electron chi connectivity index (χ4n) is 1.38. The first kappa shape index (κ1) is 12.9. The maximum absolute atomic E-state index is 12.2. The molecule has 2 aromatic heterocycles. The summed E-state index contributed by atoms with van der Waals surface area (Å²) in [6, 6.07) is 1.77. The summed E-state index contributed by atoms with van der Waals surface area (Å²) in [5.74, 6) is 0. The molecule has 0 aromatic carbocycles. The Balaban J connectivity index is 2.50. The third-order valence-electron chi connectivity index (χ3n) is 2.11. The summed E-state index contributed by atoms with van der Waals surface area (Å²) >= 11 is 2.56. The number of thiophene rings is 1. The zero-order chi connectivity index (χ0) is 13.1. The van der Waals surface area contributed by atoms with Crippen LogP contribution in [0.2, 0.25) is 0 Å². The average molecular weight is 285 g/mol. The molecule has 8 heteroatoms. The van der Waals surface area contributed by atoms with Crippen LogP contribution in [0.25, 0.3) is 10.2 Å². The Morgan fingerprint density at radius 2 is 2.44 bits per heavy atom. The van der Waals surface area contributed by atoms with Crippen LogP contribution in [0, 0.1) is 0 Å². The Labute approximate surface area is 111 Å². The molecule has 1 amide bonds. The van der Waals surface area contributed by atoms with Crippen LogP contribution < -0.4 is 11.0 Å². The van der Waals surface area contributed by atoms with Crippen LogP contribution in [0.1, 0.15) is 6.92 Å². The normalized spacial score (nSPS) is 10.6. The van der Waals surface area contributed by atoms with Gasteiger partial charge in [-0.3, -0.25) is 4.79 Å². The number of carbonyl (C=O) groups excluding carboxylic acids is 1. The van der Waals surface area contributed by atoms with Gasteiger partial charge in [0, 0.05) is 0 Å². The highest BCUT2D eigenvalue weighted by atomic mass is 32.2. The minimum Gasteiger partial charge on any atom is -0.449 e. The highest BCUT2D eigenvalue weighted by molar-refractivity contribution is 7.98. The van der Waals surface area contributed by atoms with Gasteiger partial charge in [-0.05, 0) is 24.6 Å². The molecule has 0 saturated heterocycles. The molecule has 0 spiro atoms. The molecule has 0 radical (unpaired) electrons. The average Bonchev–Trinajstić information content (AvgIpc) is 2.81. The van der Waals surface area contributed by atoms with E-state index < -0.39 is 6.09 Å². The lowest BCUT2D eigenvalue weighted by atomic mass is 10.5. The molecule has 18 heavy (non-hydrogen) atoms. The van der Waals surface area contributed by atoms with Crippen molar-refractivity contribution < 1.29 is 9.53 Å². The van der Waals surface area contributed by atoms with Gasteiger partial charge >= 0.3 is 6.09 Å². The fourth-order valence-corrected chi connectivity index (χ4v) is 2.64. The minimum absolute atomic E-state index is 0.240. The topological polar surface area (TPSA) is 73.2 Å². The van der Waals surface area contributed by atoms with E-state index >= 15 is 0 Å². The van der Waals surface area contributed by atoms with Gasteiger partial charge in [0.25, 0.3) is 5.56 Å². The molecule has 2 rings (SSSR count). The predicted molar refractivity (Wildman–Crippen MR) is 72.0 cm³/mol. The van der Waals surface area contributed by atoms with E-state index in [0.717, 1.165) is 4.68 Å². The number of nitrogens with zero attached hydrogens (tertiary/aromatic N) is 2. The number of thioether (sulfide) groups is 1. The van der Waals surface area contributed by atoms with E-state index in [1.807, 2.05) is 0 Å². The summed E-state index contributed by atoms with van der Waals surface area (Å²) in [5.41, 5.74) is 2.72. The molecule has 6 nitrogen and oxygen atoms in total. The summed E-state index contributed by atoms with van der Waals surface area (Å²) in [4.78, 5) is 27.8. The van der Waals surface area contributed by atoms with E-state index in [0.29, 0.717) is 15.4 Å². The molecule has 1 N–H and O–H groups in total. The van der Waals surface area contributed by atoms with Gasteiger partial charge in [0.15, 0.2) is 5.16 Å². The summed E-state index contributed by atoms with van der Waals surface area (Å²) < 4.78 is 6.37. The van der Waals surface area contributed by atoms with Crippen molar-refractivity contribution in [1.29, 1.82) is 0 Å². The summed E-state index contributed by atoms with van der Waals surface area (Å²) in [6.07, 6.45) is 1.11. The smallest absolute Gasteiger partial charge is 0.426 e. The molecule has 2 aromatic rings. The summed E-state index contributed by atoms with van der Waals surface area (Å²) in [5, 5.41) is 2.21. The van der Waals surface area contributed by atoms with Gasteiger partial charge in [-0.15, -0.1) is 11.3 Å². The van der Waals surface area contributed by atoms with Gasteiger partial charge in [0.05, 0.1) is 12.1 Å². The molecule has 0 unspecified atom stereocenters. The third-order valence-corrected chi connectivity index (χ3v) is 3.64. The number of amides is 1. The predicted octanol–water partition coefficient (Wildman–Crippen LogP) is 1.88. The van der Waals surface area contributed by atoms with Crippen LogP contribution in [-0.2, 0) is 4.74 Å². The van der Waals surface area contributed by atoms with Gasteiger partial charge in [-0.1, -0.05) is 11.8 Å². The van der Waals surface area contributed by atoms with Crippen LogP contribution in [0.5, 0.6) is 0 Å². The molecular weight excluding hydrogens is 274 g/mol. The highest BCUT2D eigenvalue weighted by Gasteiger charge is 2.13. The largest absolute Gasteiger partial charge is 0.449 e. The maximum Gasteiger partial charge on any atom is 0.426 e. The molecule has 0 fully saturated rings. The van der Waals surface area contributed by atoms with E-state index in [1.54, 1.807) is 24.6 Å². The van der Waals surface area contributed by atoms with Crippen LogP contribution in [-0.4, -0.2) is 28.6 Å². The number of fused-ring (bicyclic) bond motifs is 1. The van der Waals surface area contributed by atoms with Crippen molar-refractivity contribution in [2.24, 2.45) is 0 Å². The maximum atomic E-state index is 12.2. The first-order chi connectivity index (χ1) is 8.67. The van der Waals surface area contributed by atoms with Crippen molar-refractivity contribution in [2.45, 2.75) is 12.1 Å². The number of ether oxygens (including phenoxy) is 1. The molecule has 0 saturated carbocycles. The van der Waals surface area contributed by atoms with Crippen molar-refractivity contribution in [3.05, 3.63) is 21.8 Å². The van der Waals surface area contributed by atoms with E-state index in [2.05, 4.69) is 10.4 Å². The number of aromatic nitrogens is 2. The Morgan fingerprint density at radius 3 is 3.11 bits per heavy atom. The van der Waals surface area contributed by atoms with Crippen molar-refractivity contribution >= 4 is 39.4 Å². The molecule has 0 aliphatic carbocycles. The van der Waals surface area contributed by atoms with Crippen molar-refractivity contribution in [3.8, 4) is 0 Å². The SMILES string of the molecule is CCOC(=O)Nn1c(SC)nc2ccsc2c1=O. The monoisotopic (exact) mass is 285 g/mol. The second-order valence-corrected chi connectivity index (χ2v) is 4.90. The van der Waals surface area contributed by atoms with Crippen LogP contribution >= 0.6 is 23.1 Å². The fraction of sp³-hybridized carbons (Fsp3) is 0.300. The van der Waals surface area contributed by atoms with Crippen molar-refractivity contribution in [3.63, 3.8) is 0 Å². The number of rotatable bonds is 3. The van der Waals surface area contributed by atoms with Gasteiger partial charge in [-0.25, -0.2) is 15.2 Å². The highest BCUT2D eigenvalue weighted by Crippen LogP contribution is 2.18. The molecule has 96 valence electrons. The van der Waals surface area contributed by atoms with E-state index in [-0.39, 0.29) is 12.2 Å². The summed E-state index contributed by atoms with van der Waals surface area (Å²) in [6.45, 7) is 1.93. The molecule has 0 atom stereocenters. The van der Waals surface area contributed by atoms with Crippen LogP contribution in [0.15, 0.2) is 21.4 Å². The molecule has 0 aliphatic heterocycles. The molecule has 2 heterocycles. The second kappa shape index (κ2) is 5.40. The van der Waals surface area contributed by atoms with Gasteiger partial charge in [0.2, 0.25) is 0 Å². The Hall–Kier alpha value is -1.54. The number of carbonyl (C=O) groups is 1. The van der Waals surface area contributed by atoms with E-state index in [4.69, 9.17) is 4.74 Å². The summed E-state index contributed by atoms with van der Waals surface area (Å²) in [7, 11) is 0. The number of hydrogen-bond donors (Lipinski definition) is 1.